The van der Waals surface area contributed by atoms with Crippen LogP contribution in [0.4, 0.5) is 0 Å². The summed E-state index contributed by atoms with van der Waals surface area (Å²) in [5.74, 6) is 0. The van der Waals surface area contributed by atoms with Crippen LogP contribution in [-0.4, -0.2) is 0 Å². The Balaban J connectivity index is 2.28. The molecule has 0 aliphatic heterocycles. The van der Waals surface area contributed by atoms with E-state index < -0.39 is 5.54 Å². The zero-order chi connectivity index (χ0) is 16.2. The summed E-state index contributed by atoms with van der Waals surface area (Å²) in [4.78, 5) is 0. The van der Waals surface area contributed by atoms with Gasteiger partial charge in [-0.25, -0.2) is 0 Å². The van der Waals surface area contributed by atoms with Crippen molar-refractivity contribution in [3.05, 3.63) is 68.6 Å². The molecule has 0 aliphatic rings. The van der Waals surface area contributed by atoms with E-state index in [1.54, 1.807) is 6.92 Å². The molecule has 0 amide bonds. The summed E-state index contributed by atoms with van der Waals surface area (Å²) in [5, 5.41) is 18.2. The standard InChI is InChI=1S/C17H15Br2N3/c1-12(13-5-3-7-15(18)9-13)21-22-17(2,11-20)14-6-4-8-16(19)10-14/h3-10,12H,1-2H3/b22-21+. The third-order valence-corrected chi connectivity index (χ3v) is 4.35. The summed E-state index contributed by atoms with van der Waals surface area (Å²) in [6, 6.07) is 17.7. The topological polar surface area (TPSA) is 48.5 Å². The molecular formula is C17H15Br2N3. The molecule has 3 nitrogen and oxygen atoms in total. The summed E-state index contributed by atoms with van der Waals surface area (Å²) in [7, 11) is 0. The van der Waals surface area contributed by atoms with E-state index >= 15 is 0 Å². The predicted octanol–water partition coefficient (Wildman–Crippen LogP) is 6.16. The molecular weight excluding hydrogens is 406 g/mol. The van der Waals surface area contributed by atoms with Crippen LogP contribution in [0, 0.1) is 11.3 Å². The summed E-state index contributed by atoms with van der Waals surface area (Å²) in [5.41, 5.74) is 0.867. The van der Waals surface area contributed by atoms with E-state index in [0.29, 0.717) is 0 Å². The highest BCUT2D eigenvalue weighted by Crippen LogP contribution is 2.29. The highest BCUT2D eigenvalue weighted by atomic mass is 79.9. The molecule has 0 aromatic heterocycles. The van der Waals surface area contributed by atoms with Gasteiger partial charge in [-0.3, -0.25) is 0 Å². The lowest BCUT2D eigenvalue weighted by Crippen LogP contribution is -2.16. The summed E-state index contributed by atoms with van der Waals surface area (Å²) < 4.78 is 1.92. The molecule has 0 saturated heterocycles. The molecule has 0 heterocycles. The third kappa shape index (κ3) is 4.02. The first-order valence-corrected chi connectivity index (χ1v) is 8.38. The van der Waals surface area contributed by atoms with Crippen molar-refractivity contribution in [3.8, 4) is 6.07 Å². The lowest BCUT2D eigenvalue weighted by atomic mass is 9.95. The van der Waals surface area contributed by atoms with Gasteiger partial charge in [0.15, 0.2) is 5.54 Å². The van der Waals surface area contributed by atoms with Crippen molar-refractivity contribution in [1.29, 1.82) is 5.26 Å². The van der Waals surface area contributed by atoms with Crippen LogP contribution in [-0.2, 0) is 5.54 Å². The van der Waals surface area contributed by atoms with E-state index in [9.17, 15) is 5.26 Å². The third-order valence-electron chi connectivity index (χ3n) is 3.37. The van der Waals surface area contributed by atoms with E-state index in [1.165, 1.54) is 0 Å². The Morgan fingerprint density at radius 2 is 1.73 bits per heavy atom. The normalized spacial score (nSPS) is 15.2. The lowest BCUT2D eigenvalue weighted by Gasteiger charge is -2.17. The van der Waals surface area contributed by atoms with Crippen LogP contribution in [0.15, 0.2) is 67.7 Å². The van der Waals surface area contributed by atoms with Crippen LogP contribution in [0.1, 0.15) is 31.0 Å². The number of hydrogen-bond donors (Lipinski definition) is 0. The second-order valence-corrected chi connectivity index (χ2v) is 6.97. The maximum atomic E-state index is 9.53. The Morgan fingerprint density at radius 3 is 2.32 bits per heavy atom. The van der Waals surface area contributed by atoms with E-state index in [-0.39, 0.29) is 6.04 Å². The first-order valence-electron chi connectivity index (χ1n) is 6.79. The second kappa shape index (κ2) is 7.17. The first-order chi connectivity index (χ1) is 10.4. The maximum Gasteiger partial charge on any atom is 0.189 e. The number of nitrogens with zero attached hydrogens (tertiary/aromatic N) is 3. The first kappa shape index (κ1) is 16.9. The van der Waals surface area contributed by atoms with Crippen LogP contribution < -0.4 is 0 Å². The molecule has 0 spiro atoms. The Bertz CT molecular complexity index is 737. The molecule has 0 radical (unpaired) electrons. The van der Waals surface area contributed by atoms with Crippen LogP contribution in [0.25, 0.3) is 0 Å². The molecule has 2 aromatic carbocycles. The molecule has 2 unspecified atom stereocenters. The van der Waals surface area contributed by atoms with Gasteiger partial charge in [0.2, 0.25) is 0 Å². The number of benzene rings is 2. The molecule has 2 aromatic rings. The van der Waals surface area contributed by atoms with E-state index in [4.69, 9.17) is 0 Å². The summed E-state index contributed by atoms with van der Waals surface area (Å²) >= 11 is 6.87. The van der Waals surface area contributed by atoms with Gasteiger partial charge in [0, 0.05) is 8.95 Å². The smallest absolute Gasteiger partial charge is 0.189 e. The van der Waals surface area contributed by atoms with E-state index in [2.05, 4.69) is 48.2 Å². The second-order valence-electron chi connectivity index (χ2n) is 5.14. The van der Waals surface area contributed by atoms with Gasteiger partial charge in [-0.05, 0) is 49.2 Å². The zero-order valence-corrected chi connectivity index (χ0v) is 15.5. The average Bonchev–Trinajstić information content (AvgIpc) is 2.52. The van der Waals surface area contributed by atoms with Gasteiger partial charge < -0.3 is 0 Å². The minimum absolute atomic E-state index is 0.114. The molecule has 2 rings (SSSR count). The van der Waals surface area contributed by atoms with Gasteiger partial charge in [-0.1, -0.05) is 56.1 Å². The fourth-order valence-electron chi connectivity index (χ4n) is 1.97. The maximum absolute atomic E-state index is 9.53. The molecule has 0 saturated carbocycles. The van der Waals surface area contributed by atoms with Gasteiger partial charge in [-0.15, -0.1) is 0 Å². The highest BCUT2D eigenvalue weighted by Gasteiger charge is 2.26. The minimum atomic E-state index is -0.996. The fraction of sp³-hybridized carbons (Fsp3) is 0.235. The number of nitriles is 1. The van der Waals surface area contributed by atoms with Crippen molar-refractivity contribution in [2.45, 2.75) is 25.4 Å². The van der Waals surface area contributed by atoms with Gasteiger partial charge in [-0.2, -0.15) is 15.5 Å². The molecule has 0 aliphatic carbocycles. The van der Waals surface area contributed by atoms with Crippen LogP contribution >= 0.6 is 31.9 Å². The van der Waals surface area contributed by atoms with Crippen LogP contribution in [0.3, 0.4) is 0 Å². The molecule has 112 valence electrons. The largest absolute Gasteiger partial charge is 0.195 e. The quantitative estimate of drug-likeness (QED) is 0.546. The van der Waals surface area contributed by atoms with Gasteiger partial charge >= 0.3 is 0 Å². The number of azo groups is 1. The molecule has 0 fully saturated rings. The number of rotatable bonds is 4. The summed E-state index contributed by atoms with van der Waals surface area (Å²) in [6.07, 6.45) is 0. The zero-order valence-electron chi connectivity index (χ0n) is 12.3. The SMILES string of the molecule is CC(/N=N/C(C)(C#N)c1cccc(Br)c1)c1cccc(Br)c1. The molecule has 0 N–H and O–H groups in total. The van der Waals surface area contributed by atoms with Crippen molar-refractivity contribution >= 4 is 31.9 Å². The Labute approximate surface area is 147 Å². The lowest BCUT2D eigenvalue weighted by molar-refractivity contribution is 0.566. The Morgan fingerprint density at radius 1 is 1.09 bits per heavy atom. The molecule has 5 heteroatoms. The minimum Gasteiger partial charge on any atom is -0.195 e. The number of hydrogen-bond acceptors (Lipinski definition) is 3. The van der Waals surface area contributed by atoms with Crippen molar-refractivity contribution in [1.82, 2.24) is 0 Å². The molecule has 22 heavy (non-hydrogen) atoms. The summed E-state index contributed by atoms with van der Waals surface area (Å²) in [6.45, 7) is 3.73. The fourth-order valence-corrected chi connectivity index (χ4v) is 2.79. The molecule has 0 bridgehead atoms. The Hall–Kier alpha value is -1.51. The predicted molar refractivity (Wildman–Crippen MR) is 94.5 cm³/mol. The van der Waals surface area contributed by atoms with Gasteiger partial charge in [0.25, 0.3) is 0 Å². The van der Waals surface area contributed by atoms with Gasteiger partial charge in [0.1, 0.15) is 0 Å². The monoisotopic (exact) mass is 419 g/mol. The van der Waals surface area contributed by atoms with Gasteiger partial charge in [0.05, 0.1) is 12.1 Å². The number of halogens is 2. The van der Waals surface area contributed by atoms with Crippen molar-refractivity contribution in [3.63, 3.8) is 0 Å². The van der Waals surface area contributed by atoms with Crippen LogP contribution in [0.2, 0.25) is 0 Å². The average molecular weight is 421 g/mol. The van der Waals surface area contributed by atoms with Crippen LogP contribution in [0.5, 0.6) is 0 Å². The van der Waals surface area contributed by atoms with Crippen molar-refractivity contribution in [2.75, 3.05) is 0 Å². The van der Waals surface area contributed by atoms with Crippen molar-refractivity contribution < 1.29 is 0 Å². The van der Waals surface area contributed by atoms with E-state index in [0.717, 1.165) is 20.1 Å². The highest BCUT2D eigenvalue weighted by molar-refractivity contribution is 9.10. The van der Waals surface area contributed by atoms with Crippen molar-refractivity contribution in [2.24, 2.45) is 10.2 Å². The Kier molecular flexibility index (Phi) is 5.49. The van der Waals surface area contributed by atoms with E-state index in [1.807, 2.05) is 55.5 Å². The molecule has 2 atom stereocenters.